The molecule has 0 saturated carbocycles. The Hall–Kier alpha value is -3.10. The number of halogens is 1. The fourth-order valence-electron chi connectivity index (χ4n) is 3.36. The van der Waals surface area contributed by atoms with Crippen molar-refractivity contribution in [3.05, 3.63) is 64.7 Å². The van der Waals surface area contributed by atoms with Crippen LogP contribution in [0, 0.1) is 0 Å². The van der Waals surface area contributed by atoms with Gasteiger partial charge in [0.2, 0.25) is 0 Å². The van der Waals surface area contributed by atoms with Gasteiger partial charge in [0.05, 0.1) is 7.11 Å². The van der Waals surface area contributed by atoms with Gasteiger partial charge in [-0.05, 0) is 42.0 Å². The highest BCUT2D eigenvalue weighted by Crippen LogP contribution is 2.14. The van der Waals surface area contributed by atoms with E-state index in [1.807, 2.05) is 4.90 Å². The molecule has 0 aliphatic carbocycles. The maximum Gasteiger partial charge on any atom is 0.309 e. The van der Waals surface area contributed by atoms with E-state index in [0.717, 1.165) is 5.56 Å². The van der Waals surface area contributed by atoms with Crippen LogP contribution in [-0.2, 0) is 16.1 Å². The lowest BCUT2D eigenvalue weighted by Gasteiger charge is -2.34. The molecule has 1 aliphatic heterocycles. The molecule has 1 saturated heterocycles. The Balaban J connectivity index is 1.33. The smallest absolute Gasteiger partial charge is 0.309 e. The number of carbonyl (C=O) groups is 3. The molecule has 1 aliphatic rings. The van der Waals surface area contributed by atoms with Crippen LogP contribution in [0.5, 0.6) is 5.75 Å². The number of piperazine rings is 1. The Labute approximate surface area is 192 Å². The van der Waals surface area contributed by atoms with Crippen molar-refractivity contribution >= 4 is 29.3 Å². The Morgan fingerprint density at radius 1 is 0.906 bits per heavy atom. The third-order valence-electron chi connectivity index (χ3n) is 5.28. The Kier molecular flexibility index (Phi) is 8.47. The van der Waals surface area contributed by atoms with Crippen LogP contribution < -0.4 is 15.4 Å². The molecule has 1 heterocycles. The largest absolute Gasteiger partial charge is 0.497 e. The lowest BCUT2D eigenvalue weighted by molar-refractivity contribution is -0.139. The highest BCUT2D eigenvalue weighted by atomic mass is 35.5. The zero-order valence-corrected chi connectivity index (χ0v) is 18.7. The number of ether oxygens (including phenoxy) is 1. The second-order valence-electron chi connectivity index (χ2n) is 7.43. The van der Waals surface area contributed by atoms with Gasteiger partial charge in [-0.15, -0.1) is 0 Å². The second kappa shape index (κ2) is 11.5. The summed E-state index contributed by atoms with van der Waals surface area (Å²) in [4.78, 5) is 40.5. The van der Waals surface area contributed by atoms with Crippen molar-refractivity contribution in [1.82, 2.24) is 20.4 Å². The van der Waals surface area contributed by atoms with Crippen molar-refractivity contribution in [2.24, 2.45) is 0 Å². The molecule has 0 bridgehead atoms. The summed E-state index contributed by atoms with van der Waals surface area (Å²) in [6.45, 7) is 3.87. The molecule has 3 rings (SSSR count). The van der Waals surface area contributed by atoms with E-state index in [1.165, 1.54) is 0 Å². The van der Waals surface area contributed by atoms with Crippen LogP contribution in [0.25, 0.3) is 0 Å². The molecule has 9 heteroatoms. The molecule has 2 N–H and O–H groups in total. The van der Waals surface area contributed by atoms with E-state index in [-0.39, 0.29) is 12.5 Å². The molecule has 32 heavy (non-hydrogen) atoms. The SMILES string of the molecule is COc1ccc(C(=O)N2CCN(CCNC(=O)C(=O)NCc3ccc(Cl)cc3)CC2)cc1. The van der Waals surface area contributed by atoms with Crippen molar-refractivity contribution in [1.29, 1.82) is 0 Å². The van der Waals surface area contributed by atoms with E-state index < -0.39 is 11.8 Å². The predicted octanol–water partition coefficient (Wildman–Crippen LogP) is 1.54. The molecule has 0 aromatic heterocycles. The summed E-state index contributed by atoms with van der Waals surface area (Å²) in [6.07, 6.45) is 0. The van der Waals surface area contributed by atoms with Gasteiger partial charge in [-0.1, -0.05) is 23.7 Å². The zero-order chi connectivity index (χ0) is 22.9. The lowest BCUT2D eigenvalue weighted by Crippen LogP contribution is -2.50. The molecule has 0 radical (unpaired) electrons. The molecule has 8 nitrogen and oxygen atoms in total. The zero-order valence-electron chi connectivity index (χ0n) is 18.0. The van der Waals surface area contributed by atoms with E-state index in [1.54, 1.807) is 55.6 Å². The summed E-state index contributed by atoms with van der Waals surface area (Å²) >= 11 is 5.83. The summed E-state index contributed by atoms with van der Waals surface area (Å²) in [6, 6.07) is 14.1. The maximum atomic E-state index is 12.6. The first-order valence-electron chi connectivity index (χ1n) is 10.4. The lowest BCUT2D eigenvalue weighted by atomic mass is 10.1. The van der Waals surface area contributed by atoms with Gasteiger partial charge in [-0.2, -0.15) is 0 Å². The average Bonchev–Trinajstić information content (AvgIpc) is 2.83. The summed E-state index contributed by atoms with van der Waals surface area (Å²) in [5.74, 6) is -0.618. The standard InChI is InChI=1S/C23H27ClN4O4/c1-32-20-8-4-18(5-9-20)23(31)28-14-12-27(13-15-28)11-10-25-21(29)22(30)26-16-17-2-6-19(24)7-3-17/h2-9H,10-16H2,1H3,(H,25,29)(H,26,30). The average molecular weight is 459 g/mol. The third-order valence-corrected chi connectivity index (χ3v) is 5.53. The number of nitrogens with zero attached hydrogens (tertiary/aromatic N) is 2. The topological polar surface area (TPSA) is 91.0 Å². The van der Waals surface area contributed by atoms with Crippen molar-refractivity contribution in [3.63, 3.8) is 0 Å². The van der Waals surface area contributed by atoms with Gasteiger partial charge < -0.3 is 20.3 Å². The number of carbonyl (C=O) groups excluding carboxylic acids is 3. The number of nitrogens with one attached hydrogen (secondary N) is 2. The maximum absolute atomic E-state index is 12.6. The van der Waals surface area contributed by atoms with E-state index >= 15 is 0 Å². The van der Waals surface area contributed by atoms with Gasteiger partial charge >= 0.3 is 11.8 Å². The van der Waals surface area contributed by atoms with Crippen LogP contribution in [0.1, 0.15) is 15.9 Å². The minimum Gasteiger partial charge on any atom is -0.497 e. The second-order valence-corrected chi connectivity index (χ2v) is 7.86. The molecular formula is C23H27ClN4O4. The van der Waals surface area contributed by atoms with Crippen LogP contribution in [0.2, 0.25) is 5.02 Å². The minimum atomic E-state index is -0.671. The number of benzene rings is 2. The van der Waals surface area contributed by atoms with Crippen molar-refractivity contribution in [3.8, 4) is 5.75 Å². The normalized spacial score (nSPS) is 14.0. The van der Waals surface area contributed by atoms with E-state index in [4.69, 9.17) is 16.3 Å². The first kappa shape index (κ1) is 23.6. The van der Waals surface area contributed by atoms with Crippen molar-refractivity contribution in [2.45, 2.75) is 6.54 Å². The van der Waals surface area contributed by atoms with Crippen LogP contribution >= 0.6 is 11.6 Å². The highest BCUT2D eigenvalue weighted by Gasteiger charge is 2.22. The molecule has 3 amide bonds. The molecule has 0 spiro atoms. The number of hydrogen-bond donors (Lipinski definition) is 2. The fraction of sp³-hybridized carbons (Fsp3) is 0.348. The van der Waals surface area contributed by atoms with Crippen LogP contribution in [0.15, 0.2) is 48.5 Å². The van der Waals surface area contributed by atoms with Gasteiger partial charge in [-0.25, -0.2) is 0 Å². The molecular weight excluding hydrogens is 432 g/mol. The summed E-state index contributed by atoms with van der Waals surface area (Å²) in [7, 11) is 1.59. The molecule has 0 atom stereocenters. The van der Waals surface area contributed by atoms with Gasteiger partial charge in [0.15, 0.2) is 0 Å². The molecule has 2 aromatic carbocycles. The fourth-order valence-corrected chi connectivity index (χ4v) is 3.49. The van der Waals surface area contributed by atoms with Gasteiger partial charge in [0.25, 0.3) is 5.91 Å². The first-order valence-corrected chi connectivity index (χ1v) is 10.8. The third kappa shape index (κ3) is 6.70. The summed E-state index contributed by atoms with van der Waals surface area (Å²) in [5, 5.41) is 5.84. The number of methoxy groups -OCH3 is 1. The summed E-state index contributed by atoms with van der Waals surface area (Å²) in [5.41, 5.74) is 1.49. The van der Waals surface area contributed by atoms with Gasteiger partial charge in [-0.3, -0.25) is 19.3 Å². The summed E-state index contributed by atoms with van der Waals surface area (Å²) < 4.78 is 5.12. The molecule has 1 fully saturated rings. The Morgan fingerprint density at radius 2 is 1.53 bits per heavy atom. The highest BCUT2D eigenvalue weighted by molar-refractivity contribution is 6.35. The number of rotatable bonds is 7. The number of hydrogen-bond acceptors (Lipinski definition) is 5. The van der Waals surface area contributed by atoms with Gasteiger partial charge in [0, 0.05) is 56.4 Å². The molecule has 0 unspecified atom stereocenters. The van der Waals surface area contributed by atoms with E-state index in [0.29, 0.717) is 55.6 Å². The number of amides is 3. The van der Waals surface area contributed by atoms with E-state index in [2.05, 4.69) is 15.5 Å². The first-order chi connectivity index (χ1) is 15.5. The Morgan fingerprint density at radius 3 is 2.16 bits per heavy atom. The van der Waals surface area contributed by atoms with Crippen molar-refractivity contribution in [2.75, 3.05) is 46.4 Å². The van der Waals surface area contributed by atoms with Crippen LogP contribution in [0.4, 0.5) is 0 Å². The minimum absolute atomic E-state index is 0.00188. The van der Waals surface area contributed by atoms with Crippen LogP contribution in [0.3, 0.4) is 0 Å². The molecule has 2 aromatic rings. The quantitative estimate of drug-likeness (QED) is 0.614. The van der Waals surface area contributed by atoms with Crippen molar-refractivity contribution < 1.29 is 19.1 Å². The van der Waals surface area contributed by atoms with Gasteiger partial charge in [0.1, 0.15) is 5.75 Å². The predicted molar refractivity (Wildman–Crippen MR) is 122 cm³/mol. The monoisotopic (exact) mass is 458 g/mol. The van der Waals surface area contributed by atoms with E-state index in [9.17, 15) is 14.4 Å². The Bertz CT molecular complexity index is 926. The van der Waals surface area contributed by atoms with Crippen LogP contribution in [-0.4, -0.2) is 73.9 Å². The molecule has 170 valence electrons.